The molecule has 2 N–H and O–H groups in total. The van der Waals surface area contributed by atoms with Crippen LogP contribution < -0.4 is 0 Å². The van der Waals surface area contributed by atoms with Crippen LogP contribution in [0, 0.1) is 10.2 Å². The standard InChI is InChI=1S/C10H17N3O2S/c1-15-5-4-10(2-3-10)7-13-8(6-14)11-12-9(13)16/h14H,2-7H2,1H3,(H,12,16). The number of aromatic nitrogens is 3. The van der Waals surface area contributed by atoms with Crippen molar-refractivity contribution in [3.63, 3.8) is 0 Å². The molecule has 1 saturated carbocycles. The van der Waals surface area contributed by atoms with Crippen LogP contribution in [0.2, 0.25) is 0 Å². The number of rotatable bonds is 6. The van der Waals surface area contributed by atoms with Gasteiger partial charge in [0.2, 0.25) is 0 Å². The second-order valence-corrected chi connectivity index (χ2v) is 4.82. The third-order valence-corrected chi connectivity index (χ3v) is 3.58. The van der Waals surface area contributed by atoms with Crippen molar-refractivity contribution in [2.45, 2.75) is 32.4 Å². The molecule has 1 aromatic heterocycles. The number of aliphatic hydroxyl groups is 1. The minimum absolute atomic E-state index is 0.0759. The Morgan fingerprint density at radius 1 is 1.62 bits per heavy atom. The summed E-state index contributed by atoms with van der Waals surface area (Å²) < 4.78 is 7.61. The van der Waals surface area contributed by atoms with Gasteiger partial charge in [-0.15, -0.1) is 0 Å². The van der Waals surface area contributed by atoms with E-state index in [-0.39, 0.29) is 6.61 Å². The maximum Gasteiger partial charge on any atom is 0.195 e. The molecule has 90 valence electrons. The molecule has 1 aliphatic rings. The van der Waals surface area contributed by atoms with Crippen molar-refractivity contribution in [1.82, 2.24) is 14.8 Å². The third kappa shape index (κ3) is 2.34. The lowest BCUT2D eigenvalue weighted by Crippen LogP contribution is -2.16. The fraction of sp³-hybridized carbons (Fsp3) is 0.800. The lowest BCUT2D eigenvalue weighted by Gasteiger charge is -2.16. The molecule has 0 aromatic carbocycles. The second kappa shape index (κ2) is 4.65. The van der Waals surface area contributed by atoms with Gasteiger partial charge in [-0.2, -0.15) is 5.10 Å². The minimum Gasteiger partial charge on any atom is -0.388 e. The molecule has 0 radical (unpaired) electrons. The van der Waals surface area contributed by atoms with Gasteiger partial charge in [0.05, 0.1) is 0 Å². The molecule has 1 heterocycles. The summed E-state index contributed by atoms with van der Waals surface area (Å²) in [6, 6.07) is 0. The van der Waals surface area contributed by atoms with E-state index in [1.807, 2.05) is 4.57 Å². The first-order valence-corrected chi connectivity index (χ1v) is 5.85. The largest absolute Gasteiger partial charge is 0.388 e. The zero-order valence-electron chi connectivity index (χ0n) is 9.40. The predicted molar refractivity (Wildman–Crippen MR) is 61.5 cm³/mol. The minimum atomic E-state index is -0.0759. The van der Waals surface area contributed by atoms with E-state index in [2.05, 4.69) is 10.2 Å². The van der Waals surface area contributed by atoms with Crippen LogP contribution >= 0.6 is 12.2 Å². The summed E-state index contributed by atoms with van der Waals surface area (Å²) in [5.74, 6) is 0.619. The van der Waals surface area contributed by atoms with Gasteiger partial charge in [0.15, 0.2) is 10.6 Å². The second-order valence-electron chi connectivity index (χ2n) is 4.43. The Balaban J connectivity index is 2.08. The summed E-state index contributed by atoms with van der Waals surface area (Å²) in [5.41, 5.74) is 0.308. The van der Waals surface area contributed by atoms with Gasteiger partial charge in [0.25, 0.3) is 0 Å². The molecule has 1 aromatic rings. The maximum atomic E-state index is 9.15. The molecule has 6 heteroatoms. The van der Waals surface area contributed by atoms with Crippen LogP contribution in [0.25, 0.3) is 0 Å². The van der Waals surface area contributed by atoms with Crippen molar-refractivity contribution in [2.75, 3.05) is 13.7 Å². The van der Waals surface area contributed by atoms with Crippen LogP contribution in [0.4, 0.5) is 0 Å². The average molecular weight is 243 g/mol. The van der Waals surface area contributed by atoms with Crippen LogP contribution in [-0.2, 0) is 17.9 Å². The molecule has 0 saturated heterocycles. The normalized spacial score (nSPS) is 17.6. The molecular weight excluding hydrogens is 226 g/mol. The lowest BCUT2D eigenvalue weighted by molar-refractivity contribution is 0.165. The summed E-state index contributed by atoms with van der Waals surface area (Å²) in [4.78, 5) is 0. The van der Waals surface area contributed by atoms with Crippen LogP contribution in [-0.4, -0.2) is 33.6 Å². The Bertz CT molecular complexity index is 408. The van der Waals surface area contributed by atoms with E-state index in [9.17, 15) is 0 Å². The van der Waals surface area contributed by atoms with E-state index in [0.29, 0.717) is 16.0 Å². The zero-order chi connectivity index (χ0) is 11.6. The Morgan fingerprint density at radius 2 is 2.38 bits per heavy atom. The van der Waals surface area contributed by atoms with Crippen LogP contribution in [0.3, 0.4) is 0 Å². The van der Waals surface area contributed by atoms with Gasteiger partial charge in [-0.1, -0.05) is 0 Å². The number of nitrogens with one attached hydrogen (secondary N) is 1. The number of H-pyrrole nitrogens is 1. The van der Waals surface area contributed by atoms with E-state index in [1.54, 1.807) is 7.11 Å². The quantitative estimate of drug-likeness (QED) is 0.738. The highest BCUT2D eigenvalue weighted by Crippen LogP contribution is 2.50. The van der Waals surface area contributed by atoms with Crippen LogP contribution in [0.15, 0.2) is 0 Å². The van der Waals surface area contributed by atoms with Gasteiger partial charge >= 0.3 is 0 Å². The molecule has 0 amide bonds. The molecule has 0 unspecified atom stereocenters. The molecule has 5 nitrogen and oxygen atoms in total. The fourth-order valence-electron chi connectivity index (χ4n) is 1.95. The summed E-state index contributed by atoms with van der Waals surface area (Å²) in [5, 5.41) is 15.9. The molecule has 0 atom stereocenters. The number of nitrogens with zero attached hydrogens (tertiary/aromatic N) is 2. The predicted octanol–water partition coefficient (Wildman–Crippen LogP) is 1.25. The van der Waals surface area contributed by atoms with Gasteiger partial charge in [-0.05, 0) is 36.9 Å². The summed E-state index contributed by atoms with van der Waals surface area (Å²) in [6.07, 6.45) is 3.45. The first-order chi connectivity index (χ1) is 7.71. The number of aliphatic hydroxyl groups excluding tert-OH is 1. The Labute approximate surface area is 99.4 Å². The van der Waals surface area contributed by atoms with Crippen molar-refractivity contribution < 1.29 is 9.84 Å². The van der Waals surface area contributed by atoms with E-state index in [0.717, 1.165) is 19.6 Å². The topological polar surface area (TPSA) is 63.1 Å². The summed E-state index contributed by atoms with van der Waals surface area (Å²) >= 11 is 5.15. The van der Waals surface area contributed by atoms with Crippen molar-refractivity contribution in [3.8, 4) is 0 Å². The van der Waals surface area contributed by atoms with E-state index >= 15 is 0 Å². The molecule has 0 bridgehead atoms. The summed E-state index contributed by atoms with van der Waals surface area (Å²) in [7, 11) is 1.72. The first kappa shape index (κ1) is 11.8. The number of hydrogen-bond acceptors (Lipinski definition) is 4. The van der Waals surface area contributed by atoms with Gasteiger partial charge in [0, 0.05) is 20.3 Å². The highest BCUT2D eigenvalue weighted by atomic mass is 32.1. The van der Waals surface area contributed by atoms with Crippen LogP contribution in [0.1, 0.15) is 25.1 Å². The first-order valence-electron chi connectivity index (χ1n) is 5.45. The molecule has 16 heavy (non-hydrogen) atoms. The number of hydrogen-bond donors (Lipinski definition) is 2. The van der Waals surface area contributed by atoms with E-state index in [1.165, 1.54) is 12.8 Å². The average Bonchev–Trinajstić information content (AvgIpc) is 2.97. The molecule has 1 fully saturated rings. The number of aromatic amines is 1. The highest BCUT2D eigenvalue weighted by molar-refractivity contribution is 7.71. The molecule has 2 rings (SSSR count). The van der Waals surface area contributed by atoms with Crippen molar-refractivity contribution >= 4 is 12.2 Å². The van der Waals surface area contributed by atoms with E-state index in [4.69, 9.17) is 22.1 Å². The van der Waals surface area contributed by atoms with Gasteiger partial charge < -0.3 is 14.4 Å². The maximum absolute atomic E-state index is 9.15. The van der Waals surface area contributed by atoms with Crippen LogP contribution in [0.5, 0.6) is 0 Å². The summed E-state index contributed by atoms with van der Waals surface area (Å²) in [6.45, 7) is 1.54. The lowest BCUT2D eigenvalue weighted by atomic mass is 10.0. The SMILES string of the molecule is COCCC1(Cn2c(CO)n[nH]c2=S)CC1. The molecule has 1 aliphatic carbocycles. The number of ether oxygens (including phenoxy) is 1. The third-order valence-electron chi connectivity index (χ3n) is 3.27. The van der Waals surface area contributed by atoms with Gasteiger partial charge in [0.1, 0.15) is 6.61 Å². The van der Waals surface area contributed by atoms with Gasteiger partial charge in [-0.25, -0.2) is 0 Å². The fourth-order valence-corrected chi connectivity index (χ4v) is 2.17. The Morgan fingerprint density at radius 3 is 2.94 bits per heavy atom. The molecule has 0 aliphatic heterocycles. The molecule has 0 spiro atoms. The van der Waals surface area contributed by atoms with Gasteiger partial charge in [-0.3, -0.25) is 5.10 Å². The van der Waals surface area contributed by atoms with Crippen molar-refractivity contribution in [1.29, 1.82) is 0 Å². The smallest absolute Gasteiger partial charge is 0.195 e. The Kier molecular flexibility index (Phi) is 3.41. The highest BCUT2D eigenvalue weighted by Gasteiger charge is 2.42. The zero-order valence-corrected chi connectivity index (χ0v) is 10.2. The van der Waals surface area contributed by atoms with Crippen molar-refractivity contribution in [2.24, 2.45) is 5.41 Å². The molecular formula is C10H17N3O2S. The Hall–Kier alpha value is -0.720. The van der Waals surface area contributed by atoms with E-state index < -0.39 is 0 Å². The monoisotopic (exact) mass is 243 g/mol. The number of methoxy groups -OCH3 is 1. The van der Waals surface area contributed by atoms with Crippen molar-refractivity contribution in [3.05, 3.63) is 10.6 Å².